The highest BCUT2D eigenvalue weighted by Gasteiger charge is 2.18. The minimum atomic E-state index is -0.204. The van der Waals surface area contributed by atoms with E-state index < -0.39 is 0 Å². The van der Waals surface area contributed by atoms with Gasteiger partial charge in [0.25, 0.3) is 5.56 Å². The van der Waals surface area contributed by atoms with E-state index in [1.54, 1.807) is 0 Å². The summed E-state index contributed by atoms with van der Waals surface area (Å²) >= 11 is 0. The quantitative estimate of drug-likeness (QED) is 0.825. The second-order valence-electron chi connectivity index (χ2n) is 6.00. The number of aromatic amines is 1. The van der Waals surface area contributed by atoms with Gasteiger partial charge in [-0.2, -0.15) is 0 Å². The smallest absolute Gasteiger partial charge is 0.251 e. The number of nitrogen functional groups attached to an aromatic ring is 1. The maximum atomic E-state index is 11.8. The van der Waals surface area contributed by atoms with Crippen molar-refractivity contribution in [3.8, 4) is 11.3 Å². The normalized spacial score (nSPS) is 11.6. The van der Waals surface area contributed by atoms with Crippen LogP contribution in [0.4, 0.5) is 5.69 Å². The lowest BCUT2D eigenvalue weighted by molar-refractivity contribution is 0.543. The van der Waals surface area contributed by atoms with Crippen LogP contribution in [0.15, 0.2) is 29.1 Å². The van der Waals surface area contributed by atoms with Gasteiger partial charge in [0.2, 0.25) is 0 Å². The topological polar surface area (TPSA) is 71.8 Å². The zero-order chi connectivity index (χ0) is 14.9. The van der Waals surface area contributed by atoms with E-state index in [1.807, 2.05) is 39.0 Å². The highest BCUT2D eigenvalue weighted by Crippen LogP contribution is 2.24. The third-order valence-electron chi connectivity index (χ3n) is 3.27. The Labute approximate surface area is 119 Å². The minimum Gasteiger partial charge on any atom is -0.398 e. The summed E-state index contributed by atoms with van der Waals surface area (Å²) in [5, 5.41) is 0. The van der Waals surface area contributed by atoms with Gasteiger partial charge in [-0.05, 0) is 18.1 Å². The maximum Gasteiger partial charge on any atom is 0.251 e. The molecule has 1 aromatic carbocycles. The molecule has 0 aliphatic heterocycles. The van der Waals surface area contributed by atoms with E-state index >= 15 is 0 Å². The Morgan fingerprint density at radius 2 is 1.95 bits per heavy atom. The first-order chi connectivity index (χ1) is 9.31. The summed E-state index contributed by atoms with van der Waals surface area (Å²) in [4.78, 5) is 19.2. The molecule has 3 N–H and O–H groups in total. The van der Waals surface area contributed by atoms with Crippen molar-refractivity contribution in [3.63, 3.8) is 0 Å². The molecule has 0 saturated heterocycles. The van der Waals surface area contributed by atoms with Crippen molar-refractivity contribution in [1.29, 1.82) is 0 Å². The highest BCUT2D eigenvalue weighted by atomic mass is 16.1. The van der Waals surface area contributed by atoms with Crippen LogP contribution in [0.5, 0.6) is 0 Å². The maximum absolute atomic E-state index is 11.8. The molecule has 0 aliphatic rings. The number of nitrogens with zero attached hydrogens (tertiary/aromatic N) is 1. The fourth-order valence-corrected chi connectivity index (χ4v) is 2.04. The molecule has 2 rings (SSSR count). The summed E-state index contributed by atoms with van der Waals surface area (Å²) in [5.41, 5.74) is 9.05. The highest BCUT2D eigenvalue weighted by molar-refractivity contribution is 5.66. The van der Waals surface area contributed by atoms with E-state index in [1.165, 1.54) is 6.07 Å². The molecular weight excluding hydrogens is 250 g/mol. The van der Waals surface area contributed by atoms with Crippen LogP contribution in [-0.2, 0) is 11.8 Å². The number of aromatic nitrogens is 2. The van der Waals surface area contributed by atoms with Crippen LogP contribution in [0.1, 0.15) is 39.1 Å². The number of benzene rings is 1. The van der Waals surface area contributed by atoms with E-state index in [2.05, 4.69) is 16.9 Å². The Morgan fingerprint density at radius 3 is 2.50 bits per heavy atom. The van der Waals surface area contributed by atoms with Crippen LogP contribution in [0.3, 0.4) is 0 Å². The fraction of sp³-hybridized carbons (Fsp3) is 0.375. The third kappa shape index (κ3) is 2.90. The van der Waals surface area contributed by atoms with Gasteiger partial charge in [0, 0.05) is 22.7 Å². The summed E-state index contributed by atoms with van der Waals surface area (Å²) in [5.74, 6) is 0.679. The van der Waals surface area contributed by atoms with Crippen molar-refractivity contribution in [2.24, 2.45) is 0 Å². The summed E-state index contributed by atoms with van der Waals surface area (Å²) in [6, 6.07) is 7.34. The molecule has 2 aromatic rings. The average molecular weight is 271 g/mol. The van der Waals surface area contributed by atoms with Crippen LogP contribution in [0, 0.1) is 0 Å². The van der Waals surface area contributed by atoms with Gasteiger partial charge in [-0.3, -0.25) is 4.79 Å². The summed E-state index contributed by atoms with van der Waals surface area (Å²) < 4.78 is 0. The summed E-state index contributed by atoms with van der Waals surface area (Å²) in [7, 11) is 0. The molecule has 0 aliphatic carbocycles. The van der Waals surface area contributed by atoms with Gasteiger partial charge in [0.15, 0.2) is 0 Å². The van der Waals surface area contributed by atoms with Crippen molar-refractivity contribution in [3.05, 3.63) is 46.0 Å². The molecular formula is C16H21N3O. The van der Waals surface area contributed by atoms with Gasteiger partial charge in [-0.1, -0.05) is 39.8 Å². The van der Waals surface area contributed by atoms with Crippen LogP contribution in [0.25, 0.3) is 11.3 Å². The molecule has 0 radical (unpaired) electrons. The number of nitrogens with two attached hydrogens (primary N) is 1. The van der Waals surface area contributed by atoms with Gasteiger partial charge in [-0.15, -0.1) is 0 Å². The first-order valence-electron chi connectivity index (χ1n) is 6.82. The Balaban J connectivity index is 2.56. The molecule has 0 saturated carbocycles. The number of anilines is 1. The SMILES string of the molecule is CCc1ccc(-c2cc(=O)[nH]c(C(C)(C)C)n2)cc1N. The van der Waals surface area contributed by atoms with Crippen LogP contribution in [-0.4, -0.2) is 9.97 Å². The Kier molecular flexibility index (Phi) is 3.66. The minimum absolute atomic E-state index is 0.141. The largest absolute Gasteiger partial charge is 0.398 e. The lowest BCUT2D eigenvalue weighted by Gasteiger charge is -2.17. The zero-order valence-corrected chi connectivity index (χ0v) is 12.4. The molecule has 106 valence electrons. The molecule has 0 atom stereocenters. The number of rotatable bonds is 2. The van der Waals surface area contributed by atoms with Gasteiger partial charge >= 0.3 is 0 Å². The predicted molar refractivity (Wildman–Crippen MR) is 82.8 cm³/mol. The molecule has 0 bridgehead atoms. The standard InChI is InChI=1S/C16H21N3O/c1-5-10-6-7-11(8-12(10)17)13-9-14(20)19-15(18-13)16(2,3)4/h6-9H,5,17H2,1-4H3,(H,18,19,20). The van der Waals surface area contributed by atoms with E-state index in [0.29, 0.717) is 11.5 Å². The lowest BCUT2D eigenvalue weighted by Crippen LogP contribution is -2.21. The predicted octanol–water partition coefficient (Wildman–Crippen LogP) is 2.88. The summed E-state index contributed by atoms with van der Waals surface area (Å²) in [6.45, 7) is 8.12. The Morgan fingerprint density at radius 1 is 1.25 bits per heavy atom. The van der Waals surface area contributed by atoms with Gasteiger partial charge in [0.05, 0.1) is 5.69 Å². The Bertz CT molecular complexity index is 681. The van der Waals surface area contributed by atoms with Crippen LogP contribution in [0.2, 0.25) is 0 Å². The molecule has 0 amide bonds. The van der Waals surface area contributed by atoms with E-state index in [9.17, 15) is 4.79 Å². The third-order valence-corrected chi connectivity index (χ3v) is 3.27. The van der Waals surface area contributed by atoms with Crippen LogP contribution < -0.4 is 11.3 Å². The number of aryl methyl sites for hydroxylation is 1. The molecule has 4 heteroatoms. The van der Waals surface area contributed by atoms with Crippen molar-refractivity contribution < 1.29 is 0 Å². The van der Waals surface area contributed by atoms with Crippen LogP contribution >= 0.6 is 0 Å². The molecule has 1 heterocycles. The molecule has 0 spiro atoms. The number of nitrogens with one attached hydrogen (secondary N) is 1. The molecule has 4 nitrogen and oxygen atoms in total. The molecule has 1 aromatic heterocycles. The molecule has 0 fully saturated rings. The van der Waals surface area contributed by atoms with Crippen molar-refractivity contribution in [2.45, 2.75) is 39.5 Å². The number of hydrogen-bond donors (Lipinski definition) is 2. The first-order valence-corrected chi connectivity index (χ1v) is 6.82. The van der Waals surface area contributed by atoms with Crippen molar-refractivity contribution in [1.82, 2.24) is 9.97 Å². The molecule has 0 unspecified atom stereocenters. The zero-order valence-electron chi connectivity index (χ0n) is 12.4. The summed E-state index contributed by atoms with van der Waals surface area (Å²) in [6.07, 6.45) is 0.891. The fourth-order valence-electron chi connectivity index (χ4n) is 2.04. The Hall–Kier alpha value is -2.10. The second-order valence-corrected chi connectivity index (χ2v) is 6.00. The van der Waals surface area contributed by atoms with E-state index in [0.717, 1.165) is 23.2 Å². The van der Waals surface area contributed by atoms with Crippen molar-refractivity contribution in [2.75, 3.05) is 5.73 Å². The van der Waals surface area contributed by atoms with Gasteiger partial charge < -0.3 is 10.7 Å². The van der Waals surface area contributed by atoms with Gasteiger partial charge in [-0.25, -0.2) is 4.98 Å². The second kappa shape index (κ2) is 5.12. The van der Waals surface area contributed by atoms with Gasteiger partial charge in [0.1, 0.15) is 5.82 Å². The monoisotopic (exact) mass is 271 g/mol. The van der Waals surface area contributed by atoms with E-state index in [-0.39, 0.29) is 11.0 Å². The number of H-pyrrole nitrogens is 1. The number of hydrogen-bond acceptors (Lipinski definition) is 3. The molecule has 20 heavy (non-hydrogen) atoms. The first kappa shape index (κ1) is 14.3. The average Bonchev–Trinajstić information content (AvgIpc) is 2.37. The van der Waals surface area contributed by atoms with Crippen molar-refractivity contribution >= 4 is 5.69 Å². The van der Waals surface area contributed by atoms with E-state index in [4.69, 9.17) is 5.73 Å². The lowest BCUT2D eigenvalue weighted by atomic mass is 9.95.